The van der Waals surface area contributed by atoms with Crippen molar-refractivity contribution in [3.63, 3.8) is 0 Å². The summed E-state index contributed by atoms with van der Waals surface area (Å²) in [5.74, 6) is 0. The number of hydrogen-bond donors (Lipinski definition) is 1. The molecule has 16 heavy (non-hydrogen) atoms. The minimum absolute atomic E-state index is 0.111. The molecule has 0 radical (unpaired) electrons. The van der Waals surface area contributed by atoms with Crippen molar-refractivity contribution in [3.8, 4) is 0 Å². The van der Waals surface area contributed by atoms with Gasteiger partial charge >= 0.3 is 0 Å². The van der Waals surface area contributed by atoms with E-state index in [0.29, 0.717) is 0 Å². The van der Waals surface area contributed by atoms with Gasteiger partial charge in [0.25, 0.3) is 0 Å². The van der Waals surface area contributed by atoms with Crippen molar-refractivity contribution in [2.24, 2.45) is 7.05 Å². The molecular formula is C11H21N3O2. The molecular weight excluding hydrogens is 206 g/mol. The first kappa shape index (κ1) is 13.2. The van der Waals surface area contributed by atoms with Gasteiger partial charge in [-0.25, -0.2) is 0 Å². The van der Waals surface area contributed by atoms with Crippen molar-refractivity contribution in [3.05, 3.63) is 18.0 Å². The topological polar surface area (TPSA) is 48.3 Å². The van der Waals surface area contributed by atoms with Gasteiger partial charge < -0.3 is 14.8 Å². The van der Waals surface area contributed by atoms with Gasteiger partial charge in [0.15, 0.2) is 6.29 Å². The lowest BCUT2D eigenvalue weighted by Gasteiger charge is -2.25. The Hall–Kier alpha value is -0.910. The fourth-order valence-corrected chi connectivity index (χ4v) is 1.87. The molecule has 0 aromatic carbocycles. The van der Waals surface area contributed by atoms with E-state index in [-0.39, 0.29) is 18.4 Å². The summed E-state index contributed by atoms with van der Waals surface area (Å²) in [5.41, 5.74) is 1.14. The maximum Gasteiger partial charge on any atom is 0.171 e. The minimum atomic E-state index is -0.240. The van der Waals surface area contributed by atoms with Gasteiger partial charge in [-0.05, 0) is 19.9 Å². The molecule has 1 heterocycles. The van der Waals surface area contributed by atoms with Gasteiger partial charge in [0.05, 0.1) is 11.7 Å². The van der Waals surface area contributed by atoms with Crippen LogP contribution in [0.3, 0.4) is 0 Å². The van der Waals surface area contributed by atoms with E-state index in [4.69, 9.17) is 9.47 Å². The number of nitrogens with one attached hydrogen (secondary N) is 1. The molecule has 1 rings (SSSR count). The van der Waals surface area contributed by atoms with Gasteiger partial charge in [-0.1, -0.05) is 0 Å². The summed E-state index contributed by atoms with van der Waals surface area (Å²) in [5, 5.41) is 7.56. The van der Waals surface area contributed by atoms with Crippen LogP contribution in [0.2, 0.25) is 0 Å². The number of rotatable bonds is 6. The molecule has 0 fully saturated rings. The number of nitrogens with zero attached hydrogens (tertiary/aromatic N) is 2. The smallest absolute Gasteiger partial charge is 0.171 e. The summed E-state index contributed by atoms with van der Waals surface area (Å²) in [6.45, 7) is 4.13. The molecule has 92 valence electrons. The zero-order valence-corrected chi connectivity index (χ0v) is 10.6. The molecule has 5 nitrogen and oxygen atoms in total. The molecule has 0 aliphatic rings. The molecule has 2 atom stereocenters. The third-order valence-electron chi connectivity index (χ3n) is 2.69. The Morgan fingerprint density at radius 2 is 1.94 bits per heavy atom. The second-order valence-electron chi connectivity index (χ2n) is 3.90. The summed E-state index contributed by atoms with van der Waals surface area (Å²) in [6.07, 6.45) is 1.55. The molecule has 0 bridgehead atoms. The lowest BCUT2D eigenvalue weighted by atomic mass is 10.2. The van der Waals surface area contributed by atoms with Crippen LogP contribution in [-0.4, -0.2) is 36.3 Å². The van der Waals surface area contributed by atoms with Crippen LogP contribution in [0.1, 0.15) is 25.6 Å². The highest BCUT2D eigenvalue weighted by Crippen LogP contribution is 2.12. The third-order valence-corrected chi connectivity index (χ3v) is 2.69. The van der Waals surface area contributed by atoms with Crippen LogP contribution in [0.25, 0.3) is 0 Å². The van der Waals surface area contributed by atoms with Gasteiger partial charge in [0.2, 0.25) is 0 Å². The van der Waals surface area contributed by atoms with Crippen molar-refractivity contribution < 1.29 is 9.47 Å². The quantitative estimate of drug-likeness (QED) is 0.739. The first-order chi connectivity index (χ1) is 7.60. The van der Waals surface area contributed by atoms with Crippen molar-refractivity contribution >= 4 is 0 Å². The highest BCUT2D eigenvalue weighted by molar-refractivity contribution is 5.05. The Kier molecular flexibility index (Phi) is 4.92. The van der Waals surface area contributed by atoms with Gasteiger partial charge in [-0.3, -0.25) is 4.68 Å². The maximum atomic E-state index is 5.20. The fraction of sp³-hybridized carbons (Fsp3) is 0.727. The fourth-order valence-electron chi connectivity index (χ4n) is 1.87. The SMILES string of the molecule is COC(OC)C(C)NC(C)c1ccnn1C. The Bertz CT molecular complexity index is 310. The van der Waals surface area contributed by atoms with Crippen molar-refractivity contribution in [1.82, 2.24) is 15.1 Å². The predicted molar refractivity (Wildman–Crippen MR) is 62.0 cm³/mol. The largest absolute Gasteiger partial charge is 0.354 e. The summed E-state index contributed by atoms with van der Waals surface area (Å²) in [4.78, 5) is 0. The normalized spacial score (nSPS) is 15.4. The van der Waals surface area contributed by atoms with Crippen molar-refractivity contribution in [1.29, 1.82) is 0 Å². The first-order valence-electron chi connectivity index (χ1n) is 5.39. The summed E-state index contributed by atoms with van der Waals surface area (Å²) >= 11 is 0. The van der Waals surface area contributed by atoms with Gasteiger partial charge in [-0.15, -0.1) is 0 Å². The molecule has 1 aromatic rings. The number of aromatic nitrogens is 2. The van der Waals surface area contributed by atoms with Gasteiger partial charge in [0.1, 0.15) is 0 Å². The van der Waals surface area contributed by atoms with Crippen LogP contribution < -0.4 is 5.32 Å². The Morgan fingerprint density at radius 1 is 1.31 bits per heavy atom. The summed E-state index contributed by atoms with van der Waals surface area (Å²) < 4.78 is 12.3. The zero-order chi connectivity index (χ0) is 12.1. The standard InChI is InChI=1S/C11H21N3O2/c1-8(10-6-7-12-14(10)3)13-9(2)11(15-4)16-5/h6-9,11,13H,1-5H3. The predicted octanol–water partition coefficient (Wildman–Crippen LogP) is 1.08. The Morgan fingerprint density at radius 3 is 2.38 bits per heavy atom. The first-order valence-corrected chi connectivity index (χ1v) is 5.39. The number of hydrogen-bond acceptors (Lipinski definition) is 4. The summed E-state index contributed by atoms with van der Waals surface area (Å²) in [7, 11) is 5.21. The monoisotopic (exact) mass is 227 g/mol. The minimum Gasteiger partial charge on any atom is -0.354 e. The lowest BCUT2D eigenvalue weighted by Crippen LogP contribution is -2.41. The van der Waals surface area contributed by atoms with E-state index in [1.807, 2.05) is 24.7 Å². The Labute approximate surface area is 96.7 Å². The third kappa shape index (κ3) is 3.04. The van der Waals surface area contributed by atoms with E-state index in [0.717, 1.165) is 5.69 Å². The van der Waals surface area contributed by atoms with E-state index in [9.17, 15) is 0 Å². The number of ether oxygens (including phenoxy) is 2. The van der Waals surface area contributed by atoms with E-state index >= 15 is 0 Å². The molecule has 0 aliphatic carbocycles. The van der Waals surface area contributed by atoms with Crippen LogP contribution in [-0.2, 0) is 16.5 Å². The van der Waals surface area contributed by atoms with Gasteiger partial charge in [-0.2, -0.15) is 5.10 Å². The van der Waals surface area contributed by atoms with Gasteiger partial charge in [0, 0.05) is 33.5 Å². The number of methoxy groups -OCH3 is 2. The van der Waals surface area contributed by atoms with E-state index < -0.39 is 0 Å². The van der Waals surface area contributed by atoms with E-state index in [1.165, 1.54) is 0 Å². The second kappa shape index (κ2) is 5.98. The lowest BCUT2D eigenvalue weighted by molar-refractivity contribution is -0.120. The zero-order valence-electron chi connectivity index (χ0n) is 10.6. The van der Waals surface area contributed by atoms with Crippen molar-refractivity contribution in [2.75, 3.05) is 14.2 Å². The second-order valence-corrected chi connectivity index (χ2v) is 3.90. The van der Waals surface area contributed by atoms with Crippen LogP contribution in [0, 0.1) is 0 Å². The molecule has 5 heteroatoms. The molecule has 2 unspecified atom stereocenters. The molecule has 1 N–H and O–H groups in total. The van der Waals surface area contributed by atoms with Crippen LogP contribution in [0.4, 0.5) is 0 Å². The molecule has 0 spiro atoms. The van der Waals surface area contributed by atoms with E-state index in [1.54, 1.807) is 20.4 Å². The average molecular weight is 227 g/mol. The van der Waals surface area contributed by atoms with Crippen molar-refractivity contribution in [2.45, 2.75) is 32.2 Å². The Balaban J connectivity index is 2.57. The molecule has 1 aromatic heterocycles. The highest BCUT2D eigenvalue weighted by atomic mass is 16.7. The number of aryl methyl sites for hydroxylation is 1. The summed E-state index contributed by atoms with van der Waals surface area (Å²) in [6, 6.07) is 2.31. The molecule has 0 amide bonds. The van der Waals surface area contributed by atoms with E-state index in [2.05, 4.69) is 17.3 Å². The average Bonchev–Trinajstić information content (AvgIpc) is 2.66. The highest BCUT2D eigenvalue weighted by Gasteiger charge is 2.19. The molecule has 0 aliphatic heterocycles. The molecule has 0 saturated carbocycles. The van der Waals surface area contributed by atoms with Crippen LogP contribution in [0.5, 0.6) is 0 Å². The van der Waals surface area contributed by atoms with Crippen LogP contribution >= 0.6 is 0 Å². The molecule has 0 saturated heterocycles. The maximum absolute atomic E-state index is 5.20. The van der Waals surface area contributed by atoms with Crippen LogP contribution in [0.15, 0.2) is 12.3 Å².